The number of hydrogen-bond acceptors (Lipinski definition) is 3. The minimum Gasteiger partial charge on any atom is -0.393 e. The van der Waals surface area contributed by atoms with Crippen molar-refractivity contribution in [3.63, 3.8) is 0 Å². The van der Waals surface area contributed by atoms with E-state index in [1.807, 2.05) is 18.7 Å². The van der Waals surface area contributed by atoms with Gasteiger partial charge in [-0.2, -0.15) is 5.10 Å². The van der Waals surface area contributed by atoms with Crippen molar-refractivity contribution in [2.45, 2.75) is 85.2 Å². The Morgan fingerprint density at radius 1 is 1.10 bits per heavy atom. The number of hydrogen-bond donors (Lipinski definition) is 1. The van der Waals surface area contributed by atoms with Crippen LogP contribution in [0.3, 0.4) is 0 Å². The Morgan fingerprint density at radius 2 is 1.87 bits per heavy atom. The van der Waals surface area contributed by atoms with E-state index >= 15 is 0 Å². The Kier molecular flexibility index (Phi) is 4.63. The van der Waals surface area contributed by atoms with Gasteiger partial charge in [0.25, 0.3) is 0 Å². The molecular formula is C26H38N2O2. The number of aromatic nitrogens is 2. The van der Waals surface area contributed by atoms with Crippen molar-refractivity contribution >= 4 is 11.9 Å². The van der Waals surface area contributed by atoms with Crippen LogP contribution in [0.4, 0.5) is 0 Å². The Labute approximate surface area is 181 Å². The predicted molar refractivity (Wildman–Crippen MR) is 119 cm³/mol. The average Bonchev–Trinajstić information content (AvgIpc) is 3.10. The van der Waals surface area contributed by atoms with E-state index in [-0.39, 0.29) is 11.5 Å². The summed E-state index contributed by atoms with van der Waals surface area (Å²) in [5.41, 5.74) is 4.50. The Morgan fingerprint density at radius 3 is 2.57 bits per heavy atom. The van der Waals surface area contributed by atoms with E-state index in [0.717, 1.165) is 60.5 Å². The first-order valence-electron chi connectivity index (χ1n) is 12.1. The van der Waals surface area contributed by atoms with Gasteiger partial charge in [0.1, 0.15) is 0 Å². The summed E-state index contributed by atoms with van der Waals surface area (Å²) in [6.45, 7) is 8.91. The summed E-state index contributed by atoms with van der Waals surface area (Å²) >= 11 is 0. The average molecular weight is 411 g/mol. The molecule has 1 aromatic heterocycles. The zero-order chi connectivity index (χ0) is 21.4. The van der Waals surface area contributed by atoms with Crippen LogP contribution in [0.15, 0.2) is 5.57 Å². The number of rotatable bonds is 1. The van der Waals surface area contributed by atoms with Gasteiger partial charge < -0.3 is 5.11 Å². The third-order valence-electron chi connectivity index (χ3n) is 10.2. The number of Topliss-reactive ketones (excluding diaryl/α,β-unsaturated/α-hetero) is 1. The van der Waals surface area contributed by atoms with Gasteiger partial charge in [-0.25, -0.2) is 0 Å². The molecule has 0 aliphatic heterocycles. The highest BCUT2D eigenvalue weighted by Gasteiger charge is 2.61. The molecule has 164 valence electrons. The summed E-state index contributed by atoms with van der Waals surface area (Å²) in [6.07, 6.45) is 10.8. The molecule has 0 spiro atoms. The van der Waals surface area contributed by atoms with Crippen LogP contribution in [-0.4, -0.2) is 26.8 Å². The summed E-state index contributed by atoms with van der Waals surface area (Å²) in [5.74, 6) is 2.93. The maximum absolute atomic E-state index is 13.6. The molecule has 4 aliphatic rings. The second kappa shape index (κ2) is 6.79. The first-order chi connectivity index (χ1) is 14.1. The first-order valence-corrected chi connectivity index (χ1v) is 12.1. The number of allylic oxidation sites excluding steroid dienone is 1. The zero-order valence-electron chi connectivity index (χ0n) is 19.4. The standard InChI is InChI=1S/C26H38N2O2/c1-15-21(16(2)28(5)27-15)12-17-13-23-20-7-6-18-14-19(29)8-10-25(18,3)22(20)9-11-26(23,4)24(17)30/h12,18-20,22-23,29H,6-11,13-14H2,1-5H3/b17-12+/t18-,19+,20+,22-,23-,25-,26-/m0/s1. The number of fused-ring (bicyclic) bond motifs is 5. The van der Waals surface area contributed by atoms with E-state index in [4.69, 9.17) is 0 Å². The number of nitrogens with zero attached hydrogens (tertiary/aromatic N) is 2. The maximum atomic E-state index is 13.6. The molecule has 0 aromatic carbocycles. The van der Waals surface area contributed by atoms with E-state index in [1.165, 1.54) is 19.3 Å². The quantitative estimate of drug-likeness (QED) is 0.663. The molecule has 5 rings (SSSR count). The highest BCUT2D eigenvalue weighted by atomic mass is 16.3. The van der Waals surface area contributed by atoms with Gasteiger partial charge in [0.15, 0.2) is 5.78 Å². The van der Waals surface area contributed by atoms with Crippen LogP contribution in [0.1, 0.15) is 82.2 Å². The number of aryl methyl sites for hydroxylation is 2. The van der Waals surface area contributed by atoms with E-state index in [9.17, 15) is 9.90 Å². The lowest BCUT2D eigenvalue weighted by Gasteiger charge is -2.59. The summed E-state index contributed by atoms with van der Waals surface area (Å²) in [4.78, 5) is 13.6. The lowest BCUT2D eigenvalue weighted by atomic mass is 9.45. The SMILES string of the molecule is Cc1nn(C)c(C)c1/C=C1\C[C@H]2[C@@H]3CC[C@H]4C[C@H](O)CC[C@]4(C)[C@H]3CC[C@]2(C)C1=O. The van der Waals surface area contributed by atoms with Crippen molar-refractivity contribution in [3.05, 3.63) is 22.5 Å². The molecule has 7 atom stereocenters. The molecule has 4 heteroatoms. The second-order valence-corrected chi connectivity index (χ2v) is 11.5. The van der Waals surface area contributed by atoms with E-state index in [2.05, 4.69) is 31.9 Å². The topological polar surface area (TPSA) is 55.1 Å². The number of carbonyl (C=O) groups excluding carboxylic acids is 1. The third-order valence-corrected chi connectivity index (χ3v) is 10.2. The largest absolute Gasteiger partial charge is 0.393 e. The number of carbonyl (C=O) groups is 1. The smallest absolute Gasteiger partial charge is 0.165 e. The fraction of sp³-hybridized carbons (Fsp3) is 0.769. The van der Waals surface area contributed by atoms with Crippen molar-refractivity contribution in [1.29, 1.82) is 0 Å². The van der Waals surface area contributed by atoms with Crippen molar-refractivity contribution in [2.24, 2.45) is 41.5 Å². The van der Waals surface area contributed by atoms with E-state index in [0.29, 0.717) is 29.0 Å². The summed E-state index contributed by atoms with van der Waals surface area (Å²) in [6, 6.07) is 0. The molecule has 0 bridgehead atoms. The fourth-order valence-corrected chi connectivity index (χ4v) is 8.21. The van der Waals surface area contributed by atoms with Crippen LogP contribution in [0.2, 0.25) is 0 Å². The van der Waals surface area contributed by atoms with Crippen LogP contribution in [0.5, 0.6) is 0 Å². The van der Waals surface area contributed by atoms with Gasteiger partial charge in [0.2, 0.25) is 0 Å². The number of aliphatic hydroxyl groups excluding tert-OH is 1. The highest BCUT2D eigenvalue weighted by molar-refractivity contribution is 6.06. The van der Waals surface area contributed by atoms with Gasteiger partial charge in [-0.15, -0.1) is 0 Å². The van der Waals surface area contributed by atoms with E-state index < -0.39 is 0 Å². The molecule has 4 fully saturated rings. The Hall–Kier alpha value is -1.42. The number of ketones is 1. The van der Waals surface area contributed by atoms with Crippen LogP contribution >= 0.6 is 0 Å². The zero-order valence-corrected chi connectivity index (χ0v) is 19.4. The summed E-state index contributed by atoms with van der Waals surface area (Å²) < 4.78 is 1.92. The summed E-state index contributed by atoms with van der Waals surface area (Å²) in [7, 11) is 1.98. The van der Waals surface area contributed by atoms with Gasteiger partial charge >= 0.3 is 0 Å². The highest BCUT2D eigenvalue weighted by Crippen LogP contribution is 2.66. The molecule has 4 saturated carbocycles. The lowest BCUT2D eigenvalue weighted by Crippen LogP contribution is -2.54. The van der Waals surface area contributed by atoms with Gasteiger partial charge in [0, 0.05) is 23.7 Å². The van der Waals surface area contributed by atoms with Crippen LogP contribution in [0, 0.1) is 48.3 Å². The Bertz CT molecular complexity index is 914. The maximum Gasteiger partial charge on any atom is 0.165 e. The van der Waals surface area contributed by atoms with Crippen LogP contribution in [0.25, 0.3) is 6.08 Å². The van der Waals surface area contributed by atoms with E-state index in [1.54, 1.807) is 0 Å². The molecule has 4 nitrogen and oxygen atoms in total. The molecule has 0 saturated heterocycles. The fourth-order valence-electron chi connectivity index (χ4n) is 8.21. The van der Waals surface area contributed by atoms with Gasteiger partial charge in [0.05, 0.1) is 11.8 Å². The molecule has 4 aliphatic carbocycles. The molecule has 1 N–H and O–H groups in total. The first kappa shape index (κ1) is 20.5. The Balaban J connectivity index is 1.47. The second-order valence-electron chi connectivity index (χ2n) is 11.5. The van der Waals surface area contributed by atoms with Gasteiger partial charge in [-0.3, -0.25) is 9.48 Å². The molecule has 0 radical (unpaired) electrons. The van der Waals surface area contributed by atoms with Crippen molar-refractivity contribution in [3.8, 4) is 0 Å². The van der Waals surface area contributed by atoms with Crippen molar-refractivity contribution in [2.75, 3.05) is 0 Å². The molecular weight excluding hydrogens is 372 g/mol. The predicted octanol–water partition coefficient (Wildman–Crippen LogP) is 5.00. The third kappa shape index (κ3) is 2.75. The van der Waals surface area contributed by atoms with Crippen molar-refractivity contribution in [1.82, 2.24) is 9.78 Å². The minimum absolute atomic E-state index is 0.0953. The normalized spacial score (nSPS) is 44.7. The number of aliphatic hydroxyl groups is 1. The van der Waals surface area contributed by atoms with Gasteiger partial charge in [-0.05, 0) is 106 Å². The minimum atomic E-state index is -0.186. The summed E-state index contributed by atoms with van der Waals surface area (Å²) in [5, 5.41) is 14.8. The molecule has 1 heterocycles. The van der Waals surface area contributed by atoms with Crippen molar-refractivity contribution < 1.29 is 9.90 Å². The van der Waals surface area contributed by atoms with Gasteiger partial charge in [-0.1, -0.05) is 13.8 Å². The molecule has 1 aromatic rings. The molecule has 0 unspecified atom stereocenters. The molecule has 30 heavy (non-hydrogen) atoms. The molecule has 0 amide bonds. The van der Waals surface area contributed by atoms with Crippen LogP contribution in [-0.2, 0) is 11.8 Å². The lowest BCUT2D eigenvalue weighted by molar-refractivity contribution is -0.141. The van der Waals surface area contributed by atoms with Crippen LogP contribution < -0.4 is 0 Å². The monoisotopic (exact) mass is 410 g/mol.